The van der Waals surface area contributed by atoms with E-state index in [0.717, 1.165) is 0 Å². The number of ether oxygens (including phenoxy) is 2. The van der Waals surface area contributed by atoms with Crippen LogP contribution in [-0.2, 0) is 16.0 Å². The second-order valence-corrected chi connectivity index (χ2v) is 2.78. The van der Waals surface area contributed by atoms with Crippen LogP contribution in [0.4, 0.5) is 5.69 Å². The van der Waals surface area contributed by atoms with Crippen LogP contribution >= 0.6 is 0 Å². The summed E-state index contributed by atoms with van der Waals surface area (Å²) in [5, 5.41) is 0. The summed E-state index contributed by atoms with van der Waals surface area (Å²) in [5.74, 6) is 0.275. The molecule has 76 valence electrons. The van der Waals surface area contributed by atoms with Crippen molar-refractivity contribution in [2.75, 3.05) is 20.0 Å². The number of rotatable bonds is 3. The van der Waals surface area contributed by atoms with E-state index in [9.17, 15) is 4.79 Å². The molecule has 1 rings (SSSR count). The number of nitrogens with two attached hydrogens (primary N) is 1. The fraction of sp³-hybridized carbons (Fsp3) is 0.300. The second-order valence-electron chi connectivity index (χ2n) is 2.78. The van der Waals surface area contributed by atoms with Crippen LogP contribution in [0.3, 0.4) is 0 Å². The molecule has 0 amide bonds. The third-order valence-electron chi connectivity index (χ3n) is 1.94. The van der Waals surface area contributed by atoms with Gasteiger partial charge in [-0.2, -0.15) is 0 Å². The van der Waals surface area contributed by atoms with Gasteiger partial charge in [0, 0.05) is 11.3 Å². The van der Waals surface area contributed by atoms with Gasteiger partial charge in [0.25, 0.3) is 0 Å². The molecule has 1 aromatic carbocycles. The van der Waals surface area contributed by atoms with Gasteiger partial charge in [0.05, 0.1) is 20.6 Å². The van der Waals surface area contributed by atoms with Gasteiger partial charge in [0.15, 0.2) is 0 Å². The number of hydrogen-bond donors (Lipinski definition) is 1. The Morgan fingerprint density at radius 1 is 1.43 bits per heavy atom. The molecule has 4 heteroatoms. The molecule has 0 atom stereocenters. The van der Waals surface area contributed by atoms with Crippen LogP contribution in [0.2, 0.25) is 0 Å². The van der Waals surface area contributed by atoms with E-state index in [0.29, 0.717) is 17.0 Å². The first-order valence-corrected chi connectivity index (χ1v) is 4.17. The standard InChI is InChI=1S/C10H13NO3/c1-13-9-5-3-4-8(11)7(9)6-10(12)14-2/h3-5H,6,11H2,1-2H3. The lowest BCUT2D eigenvalue weighted by atomic mass is 10.1. The highest BCUT2D eigenvalue weighted by Gasteiger charge is 2.11. The molecular formula is C10H13NO3. The number of carbonyl (C=O) groups excluding carboxylic acids is 1. The molecule has 0 heterocycles. The fourth-order valence-electron chi connectivity index (χ4n) is 1.18. The van der Waals surface area contributed by atoms with Crippen LogP contribution in [0, 0.1) is 0 Å². The highest BCUT2D eigenvalue weighted by molar-refractivity contribution is 5.76. The van der Waals surface area contributed by atoms with Gasteiger partial charge < -0.3 is 15.2 Å². The molecule has 0 aromatic heterocycles. The number of anilines is 1. The summed E-state index contributed by atoms with van der Waals surface area (Å²) in [6.07, 6.45) is 0.131. The first-order chi connectivity index (χ1) is 6.69. The molecule has 0 aliphatic carbocycles. The minimum atomic E-state index is -0.332. The quantitative estimate of drug-likeness (QED) is 0.577. The fourth-order valence-corrected chi connectivity index (χ4v) is 1.18. The van der Waals surface area contributed by atoms with Crippen LogP contribution in [0.15, 0.2) is 18.2 Å². The van der Waals surface area contributed by atoms with Crippen molar-refractivity contribution >= 4 is 11.7 Å². The molecule has 0 saturated carbocycles. The Hall–Kier alpha value is -1.71. The lowest BCUT2D eigenvalue weighted by molar-refractivity contribution is -0.139. The Morgan fingerprint density at radius 3 is 2.71 bits per heavy atom. The SMILES string of the molecule is COC(=O)Cc1c(N)cccc1OC. The van der Waals surface area contributed by atoms with E-state index in [1.807, 2.05) is 0 Å². The molecular weight excluding hydrogens is 182 g/mol. The van der Waals surface area contributed by atoms with E-state index in [1.54, 1.807) is 18.2 Å². The molecule has 4 nitrogen and oxygen atoms in total. The number of nitrogen functional groups attached to an aromatic ring is 1. The predicted octanol–water partition coefficient (Wildman–Crippen LogP) is 0.993. The Morgan fingerprint density at radius 2 is 2.14 bits per heavy atom. The monoisotopic (exact) mass is 195 g/mol. The highest BCUT2D eigenvalue weighted by Crippen LogP contribution is 2.24. The van der Waals surface area contributed by atoms with Crippen LogP contribution in [0.5, 0.6) is 5.75 Å². The molecule has 0 spiro atoms. The zero-order valence-electron chi connectivity index (χ0n) is 8.24. The van der Waals surface area contributed by atoms with Gasteiger partial charge in [-0.05, 0) is 12.1 Å². The Bertz CT molecular complexity index is 336. The maximum Gasteiger partial charge on any atom is 0.310 e. The van der Waals surface area contributed by atoms with Gasteiger partial charge in [-0.15, -0.1) is 0 Å². The van der Waals surface area contributed by atoms with Gasteiger partial charge in [0.2, 0.25) is 0 Å². The summed E-state index contributed by atoms with van der Waals surface area (Å²) in [6, 6.07) is 5.25. The molecule has 0 aliphatic rings. The third kappa shape index (κ3) is 2.16. The van der Waals surface area contributed by atoms with E-state index in [1.165, 1.54) is 14.2 Å². The molecule has 2 N–H and O–H groups in total. The van der Waals surface area contributed by atoms with Gasteiger partial charge in [-0.3, -0.25) is 4.79 Å². The van der Waals surface area contributed by atoms with Crippen LogP contribution in [-0.4, -0.2) is 20.2 Å². The van der Waals surface area contributed by atoms with Gasteiger partial charge in [-0.1, -0.05) is 6.07 Å². The van der Waals surface area contributed by atoms with E-state index in [2.05, 4.69) is 4.74 Å². The van der Waals surface area contributed by atoms with Crippen molar-refractivity contribution in [3.05, 3.63) is 23.8 Å². The average Bonchev–Trinajstić information content (AvgIpc) is 2.20. The molecule has 0 fully saturated rings. The average molecular weight is 195 g/mol. The number of hydrogen-bond acceptors (Lipinski definition) is 4. The second kappa shape index (κ2) is 4.50. The Kier molecular flexibility index (Phi) is 3.34. The number of esters is 1. The molecule has 0 bridgehead atoms. The van der Waals surface area contributed by atoms with Crippen molar-refractivity contribution in [2.45, 2.75) is 6.42 Å². The summed E-state index contributed by atoms with van der Waals surface area (Å²) in [5.41, 5.74) is 6.92. The van der Waals surface area contributed by atoms with Crippen molar-refractivity contribution in [1.82, 2.24) is 0 Å². The topological polar surface area (TPSA) is 61.5 Å². The number of methoxy groups -OCH3 is 2. The van der Waals surface area contributed by atoms with Gasteiger partial charge >= 0.3 is 5.97 Å². The van der Waals surface area contributed by atoms with E-state index in [-0.39, 0.29) is 12.4 Å². The summed E-state index contributed by atoms with van der Waals surface area (Å²) >= 11 is 0. The van der Waals surface area contributed by atoms with E-state index in [4.69, 9.17) is 10.5 Å². The highest BCUT2D eigenvalue weighted by atomic mass is 16.5. The molecule has 0 aliphatic heterocycles. The van der Waals surface area contributed by atoms with Crippen molar-refractivity contribution in [3.63, 3.8) is 0 Å². The van der Waals surface area contributed by atoms with Crippen molar-refractivity contribution < 1.29 is 14.3 Å². The molecule has 0 unspecified atom stereocenters. The molecule has 1 aromatic rings. The summed E-state index contributed by atoms with van der Waals surface area (Å²) in [7, 11) is 2.88. The van der Waals surface area contributed by atoms with Crippen LogP contribution < -0.4 is 10.5 Å². The first kappa shape index (κ1) is 10.4. The van der Waals surface area contributed by atoms with Crippen LogP contribution in [0.25, 0.3) is 0 Å². The minimum absolute atomic E-state index is 0.131. The van der Waals surface area contributed by atoms with E-state index < -0.39 is 0 Å². The zero-order chi connectivity index (χ0) is 10.6. The van der Waals surface area contributed by atoms with Crippen LogP contribution in [0.1, 0.15) is 5.56 Å². The predicted molar refractivity (Wildman–Crippen MR) is 53.1 cm³/mol. The summed E-state index contributed by atoms with van der Waals surface area (Å²) in [4.78, 5) is 11.1. The minimum Gasteiger partial charge on any atom is -0.496 e. The summed E-state index contributed by atoms with van der Waals surface area (Å²) in [6.45, 7) is 0. The lowest BCUT2D eigenvalue weighted by Crippen LogP contribution is -2.08. The van der Waals surface area contributed by atoms with E-state index >= 15 is 0 Å². The maximum atomic E-state index is 11.1. The lowest BCUT2D eigenvalue weighted by Gasteiger charge is -2.09. The number of benzene rings is 1. The first-order valence-electron chi connectivity index (χ1n) is 4.17. The molecule has 14 heavy (non-hydrogen) atoms. The molecule has 0 radical (unpaired) electrons. The summed E-state index contributed by atoms with van der Waals surface area (Å²) < 4.78 is 9.64. The van der Waals surface area contributed by atoms with Crippen molar-refractivity contribution in [2.24, 2.45) is 0 Å². The van der Waals surface area contributed by atoms with Crippen molar-refractivity contribution in [1.29, 1.82) is 0 Å². The Labute approximate surface area is 82.6 Å². The number of carbonyl (C=O) groups is 1. The Balaban J connectivity index is 2.98. The largest absolute Gasteiger partial charge is 0.496 e. The smallest absolute Gasteiger partial charge is 0.310 e. The zero-order valence-corrected chi connectivity index (χ0v) is 8.24. The van der Waals surface area contributed by atoms with Gasteiger partial charge in [0.1, 0.15) is 5.75 Å². The van der Waals surface area contributed by atoms with Crippen molar-refractivity contribution in [3.8, 4) is 5.75 Å². The normalized spacial score (nSPS) is 9.57. The maximum absolute atomic E-state index is 11.1. The third-order valence-corrected chi connectivity index (χ3v) is 1.94. The molecule has 0 saturated heterocycles. The van der Waals surface area contributed by atoms with Gasteiger partial charge in [-0.25, -0.2) is 0 Å².